The lowest BCUT2D eigenvalue weighted by atomic mass is 9.96. The lowest BCUT2D eigenvalue weighted by Crippen LogP contribution is -2.17. The maximum absolute atomic E-state index is 11.4. The highest BCUT2D eigenvalue weighted by Gasteiger charge is 2.22. The number of hydrogen-bond acceptors (Lipinski definition) is 2. The molecule has 2 heteroatoms. The van der Waals surface area contributed by atoms with Crippen LogP contribution < -0.4 is 0 Å². The smallest absolute Gasteiger partial charge is 0.135 e. The number of carbonyl (C=O) groups is 1. The molecule has 1 unspecified atom stereocenters. The van der Waals surface area contributed by atoms with Crippen molar-refractivity contribution in [1.29, 1.82) is 0 Å². The third kappa shape index (κ3) is 2.59. The van der Waals surface area contributed by atoms with Gasteiger partial charge in [-0.3, -0.25) is 4.79 Å². The number of ketones is 1. The number of carbonyl (C=O) groups excluding carboxylic acids is 1. The number of nitrogens with zero attached hydrogens (tertiary/aromatic N) is 1. The molecule has 0 bridgehead atoms. The van der Waals surface area contributed by atoms with Crippen LogP contribution in [-0.2, 0) is 4.79 Å². The molecule has 0 amide bonds. The monoisotopic (exact) mass is 169 g/mol. The second kappa shape index (κ2) is 4.04. The molecule has 1 atom stereocenters. The van der Waals surface area contributed by atoms with Gasteiger partial charge < -0.3 is 4.90 Å². The molecule has 0 aliphatic carbocycles. The summed E-state index contributed by atoms with van der Waals surface area (Å²) in [6.07, 6.45) is 2.00. The Hall–Kier alpha value is -0.370. The minimum Gasteiger partial charge on any atom is -0.306 e. The lowest BCUT2D eigenvalue weighted by Gasteiger charge is -2.10. The van der Waals surface area contributed by atoms with Crippen molar-refractivity contribution in [3.8, 4) is 0 Å². The Bertz CT molecular complexity index is 165. The largest absolute Gasteiger partial charge is 0.306 e. The van der Waals surface area contributed by atoms with Gasteiger partial charge in [0.05, 0.1) is 0 Å². The minimum absolute atomic E-state index is 0.218. The van der Waals surface area contributed by atoms with Gasteiger partial charge in [0.15, 0.2) is 0 Å². The maximum atomic E-state index is 11.4. The molecular formula is C10H19NO. The highest BCUT2D eigenvalue weighted by Crippen LogP contribution is 2.19. The molecule has 0 aromatic rings. The van der Waals surface area contributed by atoms with E-state index in [2.05, 4.69) is 11.9 Å². The fraction of sp³-hybridized carbons (Fsp3) is 0.900. The first kappa shape index (κ1) is 9.72. The predicted octanol–water partition coefficient (Wildman–Crippen LogP) is 1.55. The van der Waals surface area contributed by atoms with Gasteiger partial charge >= 0.3 is 0 Å². The van der Waals surface area contributed by atoms with Gasteiger partial charge in [0.25, 0.3) is 0 Å². The molecule has 0 spiro atoms. The van der Waals surface area contributed by atoms with Gasteiger partial charge in [-0.25, -0.2) is 0 Å². The van der Waals surface area contributed by atoms with Crippen LogP contribution in [-0.4, -0.2) is 30.8 Å². The first-order valence-electron chi connectivity index (χ1n) is 4.81. The van der Waals surface area contributed by atoms with Gasteiger partial charge in [-0.1, -0.05) is 13.8 Å². The Morgan fingerprint density at radius 1 is 1.58 bits per heavy atom. The molecular weight excluding hydrogens is 150 g/mol. The fourth-order valence-electron chi connectivity index (χ4n) is 1.71. The van der Waals surface area contributed by atoms with E-state index in [1.807, 2.05) is 13.8 Å². The van der Waals surface area contributed by atoms with Gasteiger partial charge in [0.1, 0.15) is 5.78 Å². The number of hydrogen-bond donors (Lipinski definition) is 0. The van der Waals surface area contributed by atoms with Crippen molar-refractivity contribution in [1.82, 2.24) is 4.90 Å². The van der Waals surface area contributed by atoms with E-state index in [4.69, 9.17) is 0 Å². The molecule has 70 valence electrons. The zero-order valence-corrected chi connectivity index (χ0v) is 8.34. The van der Waals surface area contributed by atoms with E-state index in [0.717, 1.165) is 19.5 Å². The van der Waals surface area contributed by atoms with E-state index in [1.54, 1.807) is 0 Å². The summed E-state index contributed by atoms with van der Waals surface area (Å²) in [4.78, 5) is 13.7. The van der Waals surface area contributed by atoms with Crippen LogP contribution in [0.15, 0.2) is 0 Å². The Kier molecular flexibility index (Phi) is 3.27. The average molecular weight is 169 g/mol. The topological polar surface area (TPSA) is 20.3 Å². The van der Waals surface area contributed by atoms with Crippen LogP contribution in [0.25, 0.3) is 0 Å². The Morgan fingerprint density at radius 3 is 2.67 bits per heavy atom. The summed E-state index contributed by atoms with van der Waals surface area (Å²) in [5, 5.41) is 0. The molecule has 1 aliphatic heterocycles. The normalized spacial score (nSPS) is 25.2. The van der Waals surface area contributed by atoms with Crippen LogP contribution in [0.5, 0.6) is 0 Å². The van der Waals surface area contributed by atoms with Crippen molar-refractivity contribution in [2.75, 3.05) is 20.1 Å². The number of likely N-dealkylation sites (tertiary alicyclic amines) is 1. The second-order valence-corrected chi connectivity index (χ2v) is 4.24. The third-order valence-corrected chi connectivity index (χ3v) is 2.62. The summed E-state index contributed by atoms with van der Waals surface area (Å²) in [5.41, 5.74) is 0. The van der Waals surface area contributed by atoms with E-state index >= 15 is 0 Å². The molecule has 1 heterocycles. The molecule has 12 heavy (non-hydrogen) atoms. The van der Waals surface area contributed by atoms with E-state index in [-0.39, 0.29) is 5.92 Å². The van der Waals surface area contributed by atoms with Crippen molar-refractivity contribution in [2.24, 2.45) is 11.8 Å². The lowest BCUT2D eigenvalue weighted by molar-refractivity contribution is -0.122. The van der Waals surface area contributed by atoms with Crippen LogP contribution in [0.2, 0.25) is 0 Å². The summed E-state index contributed by atoms with van der Waals surface area (Å²) in [6.45, 7) is 6.25. The standard InChI is InChI=1S/C10H19NO/c1-8(2)10(12)6-9-4-5-11(3)7-9/h8-9H,4-7H2,1-3H3. The van der Waals surface area contributed by atoms with Crippen molar-refractivity contribution in [3.05, 3.63) is 0 Å². The van der Waals surface area contributed by atoms with Crippen molar-refractivity contribution in [2.45, 2.75) is 26.7 Å². The fourth-order valence-corrected chi connectivity index (χ4v) is 1.71. The zero-order chi connectivity index (χ0) is 9.14. The Morgan fingerprint density at radius 2 is 2.25 bits per heavy atom. The first-order valence-corrected chi connectivity index (χ1v) is 4.81. The molecule has 0 aromatic carbocycles. The van der Waals surface area contributed by atoms with Crippen molar-refractivity contribution >= 4 is 5.78 Å². The molecule has 0 radical (unpaired) electrons. The quantitative estimate of drug-likeness (QED) is 0.639. The average Bonchev–Trinajstić information content (AvgIpc) is 2.35. The summed E-state index contributed by atoms with van der Waals surface area (Å²) >= 11 is 0. The summed E-state index contributed by atoms with van der Waals surface area (Å²) < 4.78 is 0. The molecule has 1 fully saturated rings. The van der Waals surface area contributed by atoms with Crippen molar-refractivity contribution < 1.29 is 4.79 Å². The third-order valence-electron chi connectivity index (χ3n) is 2.62. The molecule has 1 rings (SSSR count). The molecule has 1 saturated heterocycles. The molecule has 0 aromatic heterocycles. The van der Waals surface area contributed by atoms with Crippen LogP contribution in [0.3, 0.4) is 0 Å². The highest BCUT2D eigenvalue weighted by molar-refractivity contribution is 5.80. The SMILES string of the molecule is CC(C)C(=O)CC1CCN(C)C1. The molecule has 0 N–H and O–H groups in total. The van der Waals surface area contributed by atoms with Crippen LogP contribution >= 0.6 is 0 Å². The second-order valence-electron chi connectivity index (χ2n) is 4.24. The van der Waals surface area contributed by atoms with Gasteiger partial charge in [-0.15, -0.1) is 0 Å². The van der Waals surface area contributed by atoms with Crippen LogP contribution in [0.4, 0.5) is 0 Å². The van der Waals surface area contributed by atoms with E-state index in [9.17, 15) is 4.79 Å². The van der Waals surface area contributed by atoms with Gasteiger partial charge in [0.2, 0.25) is 0 Å². The van der Waals surface area contributed by atoms with Gasteiger partial charge in [-0.05, 0) is 25.9 Å². The van der Waals surface area contributed by atoms with E-state index in [0.29, 0.717) is 11.7 Å². The predicted molar refractivity (Wildman–Crippen MR) is 50.1 cm³/mol. The van der Waals surface area contributed by atoms with Crippen molar-refractivity contribution in [3.63, 3.8) is 0 Å². The Balaban J connectivity index is 2.28. The zero-order valence-electron chi connectivity index (χ0n) is 8.34. The van der Waals surface area contributed by atoms with Gasteiger partial charge in [0, 0.05) is 18.9 Å². The molecule has 0 saturated carbocycles. The maximum Gasteiger partial charge on any atom is 0.135 e. The summed E-state index contributed by atoms with van der Waals surface area (Å²) in [7, 11) is 2.12. The van der Waals surface area contributed by atoms with E-state index < -0.39 is 0 Å². The van der Waals surface area contributed by atoms with E-state index in [1.165, 1.54) is 6.42 Å². The molecule has 1 aliphatic rings. The van der Waals surface area contributed by atoms with Gasteiger partial charge in [-0.2, -0.15) is 0 Å². The Labute approximate surface area is 74.9 Å². The molecule has 2 nitrogen and oxygen atoms in total. The first-order chi connectivity index (χ1) is 5.59. The van der Waals surface area contributed by atoms with Crippen LogP contribution in [0, 0.1) is 11.8 Å². The minimum atomic E-state index is 0.218. The highest BCUT2D eigenvalue weighted by atomic mass is 16.1. The number of rotatable bonds is 3. The number of Topliss-reactive ketones (excluding diaryl/α,β-unsaturated/α-hetero) is 1. The van der Waals surface area contributed by atoms with Crippen LogP contribution in [0.1, 0.15) is 26.7 Å². The summed E-state index contributed by atoms with van der Waals surface area (Å²) in [5.74, 6) is 1.27. The summed E-state index contributed by atoms with van der Waals surface area (Å²) in [6, 6.07) is 0.